The van der Waals surface area contributed by atoms with Crippen LogP contribution in [0.2, 0.25) is 0 Å². The van der Waals surface area contributed by atoms with Gasteiger partial charge in [-0.15, -0.1) is 0 Å². The highest BCUT2D eigenvalue weighted by molar-refractivity contribution is 7.74. The van der Waals surface area contributed by atoms with Crippen molar-refractivity contribution in [2.24, 2.45) is 0 Å². The van der Waals surface area contributed by atoms with Crippen LogP contribution < -0.4 is 14.8 Å². The van der Waals surface area contributed by atoms with Crippen LogP contribution in [-0.4, -0.2) is 17.2 Å². The van der Waals surface area contributed by atoms with Gasteiger partial charge in [-0.2, -0.15) is 0 Å². The van der Waals surface area contributed by atoms with E-state index in [1.807, 2.05) is 87.6 Å². The number of methoxy groups -OCH3 is 1. The second-order valence-corrected chi connectivity index (χ2v) is 11.5. The van der Waals surface area contributed by atoms with E-state index in [-0.39, 0.29) is 0 Å². The molecule has 0 fully saturated rings. The van der Waals surface area contributed by atoms with Gasteiger partial charge >= 0.3 is 0 Å². The predicted molar refractivity (Wildman–Crippen MR) is 113 cm³/mol. The summed E-state index contributed by atoms with van der Waals surface area (Å²) >= 11 is 0. The van der Waals surface area contributed by atoms with Crippen molar-refractivity contribution >= 4 is 12.4 Å². The van der Waals surface area contributed by atoms with Crippen LogP contribution in [-0.2, 0) is 4.57 Å². The van der Waals surface area contributed by atoms with E-state index in [0.717, 1.165) is 11.1 Å². The molecule has 2 unspecified atom stereocenters. The first kappa shape index (κ1) is 18.8. The summed E-state index contributed by atoms with van der Waals surface area (Å²) in [5.74, 6) is 0.610. The van der Waals surface area contributed by atoms with Gasteiger partial charge in [-0.25, -0.2) is 0 Å². The molecule has 0 bridgehead atoms. The number of rotatable bonds is 3. The maximum Gasteiger partial charge on any atom is 0.197 e. The third-order valence-electron chi connectivity index (χ3n) is 5.23. The van der Waals surface area contributed by atoms with E-state index in [4.69, 9.17) is 9.47 Å². The molecule has 0 radical (unpaired) electrons. The zero-order chi connectivity index (χ0) is 19.9. The molecule has 2 atom stereocenters. The van der Waals surface area contributed by atoms with Gasteiger partial charge in [0.15, 0.2) is 13.0 Å². The highest BCUT2D eigenvalue weighted by Crippen LogP contribution is 2.72. The van der Waals surface area contributed by atoms with E-state index in [1.165, 1.54) is 0 Å². The van der Waals surface area contributed by atoms with Gasteiger partial charge in [0.25, 0.3) is 0 Å². The molecule has 0 aliphatic carbocycles. The standard InChI is InChI=1S/C23H24NO3P/c1-23(2,3)28(25)21-19(26-4)11-8-12-20(21)27-22(28)18-14-13-17(15-24-18)16-9-6-5-7-10-16/h5-15,22H,1-4H3. The highest BCUT2D eigenvalue weighted by atomic mass is 31.2. The molecule has 1 aromatic heterocycles. The van der Waals surface area contributed by atoms with Gasteiger partial charge in [0.05, 0.1) is 18.1 Å². The molecule has 3 aromatic rings. The number of hydrogen-bond donors (Lipinski definition) is 0. The van der Waals surface area contributed by atoms with Gasteiger partial charge < -0.3 is 14.0 Å². The average Bonchev–Trinajstić information content (AvgIpc) is 3.03. The zero-order valence-electron chi connectivity index (χ0n) is 16.5. The second kappa shape index (κ2) is 6.79. The Kier molecular flexibility index (Phi) is 4.55. The van der Waals surface area contributed by atoms with Crippen molar-refractivity contribution in [3.8, 4) is 22.6 Å². The minimum Gasteiger partial charge on any atom is -0.496 e. The monoisotopic (exact) mass is 393 g/mol. The van der Waals surface area contributed by atoms with Crippen LogP contribution in [0.25, 0.3) is 11.1 Å². The van der Waals surface area contributed by atoms with Gasteiger partial charge in [0.2, 0.25) is 0 Å². The van der Waals surface area contributed by atoms with Crippen LogP contribution in [0.1, 0.15) is 32.3 Å². The first-order valence-electron chi connectivity index (χ1n) is 9.31. The molecular weight excluding hydrogens is 369 g/mol. The van der Waals surface area contributed by atoms with Gasteiger partial charge in [-0.3, -0.25) is 4.98 Å². The Hall–Kier alpha value is -2.58. The molecule has 5 heteroatoms. The number of benzene rings is 2. The predicted octanol–water partition coefficient (Wildman–Crippen LogP) is 5.64. The fourth-order valence-electron chi connectivity index (χ4n) is 3.69. The molecule has 28 heavy (non-hydrogen) atoms. The molecule has 0 spiro atoms. The quantitative estimate of drug-likeness (QED) is 0.541. The Morgan fingerprint density at radius 2 is 1.71 bits per heavy atom. The van der Waals surface area contributed by atoms with Gasteiger partial charge in [-0.1, -0.05) is 63.2 Å². The summed E-state index contributed by atoms with van der Waals surface area (Å²) in [6, 6.07) is 19.6. The Balaban J connectivity index is 1.81. The lowest BCUT2D eigenvalue weighted by molar-refractivity contribution is 0.285. The minimum atomic E-state index is -3.03. The molecular formula is C23H24NO3P. The van der Waals surface area contributed by atoms with E-state index >= 15 is 0 Å². The number of hydrogen-bond acceptors (Lipinski definition) is 4. The van der Waals surface area contributed by atoms with Gasteiger partial charge in [-0.05, 0) is 23.8 Å². The Morgan fingerprint density at radius 3 is 2.32 bits per heavy atom. The molecule has 0 saturated carbocycles. The van der Waals surface area contributed by atoms with Gasteiger partial charge in [0, 0.05) is 16.9 Å². The lowest BCUT2D eigenvalue weighted by Gasteiger charge is -2.32. The summed E-state index contributed by atoms with van der Waals surface area (Å²) in [6.07, 6.45) is 1.82. The van der Waals surface area contributed by atoms with Crippen LogP contribution in [0, 0.1) is 0 Å². The molecule has 4 nitrogen and oxygen atoms in total. The third kappa shape index (κ3) is 2.84. The molecule has 1 aliphatic heterocycles. The summed E-state index contributed by atoms with van der Waals surface area (Å²) < 4.78 is 26.2. The number of pyridine rings is 1. The smallest absolute Gasteiger partial charge is 0.197 e. The van der Waals surface area contributed by atoms with Crippen molar-refractivity contribution in [3.63, 3.8) is 0 Å². The van der Waals surface area contributed by atoms with E-state index in [1.54, 1.807) is 7.11 Å². The van der Waals surface area contributed by atoms with Gasteiger partial charge in [0.1, 0.15) is 11.5 Å². The molecule has 0 saturated heterocycles. The van der Waals surface area contributed by atoms with Crippen molar-refractivity contribution in [3.05, 3.63) is 72.6 Å². The van der Waals surface area contributed by atoms with E-state index in [2.05, 4.69) is 4.98 Å². The summed E-state index contributed by atoms with van der Waals surface area (Å²) in [6.45, 7) is 5.97. The third-order valence-corrected chi connectivity index (χ3v) is 9.35. The molecule has 4 rings (SSSR count). The highest BCUT2D eigenvalue weighted by Gasteiger charge is 2.55. The number of nitrogens with zero attached hydrogens (tertiary/aromatic N) is 1. The number of aromatic nitrogens is 1. The van der Waals surface area contributed by atoms with Crippen molar-refractivity contribution in [2.75, 3.05) is 7.11 Å². The summed E-state index contributed by atoms with van der Waals surface area (Å²) in [4.78, 5) is 4.65. The largest absolute Gasteiger partial charge is 0.496 e. The summed E-state index contributed by atoms with van der Waals surface area (Å²) in [5, 5.41) is 0.182. The molecule has 0 amide bonds. The maximum absolute atomic E-state index is 14.5. The van der Waals surface area contributed by atoms with Crippen LogP contribution in [0.4, 0.5) is 0 Å². The molecule has 1 aliphatic rings. The second-order valence-electron chi connectivity index (χ2n) is 7.94. The summed E-state index contributed by atoms with van der Waals surface area (Å²) in [7, 11) is -1.43. The van der Waals surface area contributed by atoms with E-state index < -0.39 is 18.1 Å². The van der Waals surface area contributed by atoms with Crippen LogP contribution in [0.3, 0.4) is 0 Å². The Bertz CT molecular complexity index is 1040. The van der Waals surface area contributed by atoms with Crippen molar-refractivity contribution < 1.29 is 14.0 Å². The fraction of sp³-hybridized carbons (Fsp3) is 0.261. The molecule has 2 heterocycles. The lowest BCUT2D eigenvalue weighted by atomic mass is 10.1. The first-order valence-corrected chi connectivity index (χ1v) is 11.1. The average molecular weight is 393 g/mol. The Labute approximate surface area is 165 Å². The van der Waals surface area contributed by atoms with Crippen LogP contribution in [0.5, 0.6) is 11.5 Å². The SMILES string of the molecule is COc1cccc2c1P(=O)(C(C)(C)C)C(c1ccc(-c3ccccc3)cn1)O2. The van der Waals surface area contributed by atoms with E-state index in [0.29, 0.717) is 22.5 Å². The van der Waals surface area contributed by atoms with Crippen molar-refractivity contribution in [2.45, 2.75) is 31.8 Å². The Morgan fingerprint density at radius 1 is 0.964 bits per heavy atom. The minimum absolute atomic E-state index is 0.503. The molecule has 0 N–H and O–H groups in total. The fourth-order valence-corrected chi connectivity index (χ4v) is 7.03. The van der Waals surface area contributed by atoms with Crippen LogP contribution in [0.15, 0.2) is 66.9 Å². The lowest BCUT2D eigenvalue weighted by Crippen LogP contribution is -2.25. The molecule has 2 aromatic carbocycles. The topological polar surface area (TPSA) is 48.4 Å². The van der Waals surface area contributed by atoms with Crippen molar-refractivity contribution in [1.29, 1.82) is 0 Å². The van der Waals surface area contributed by atoms with Crippen LogP contribution >= 0.6 is 7.14 Å². The molecule has 144 valence electrons. The number of ether oxygens (including phenoxy) is 2. The first-order chi connectivity index (χ1) is 13.4. The summed E-state index contributed by atoms with van der Waals surface area (Å²) in [5.41, 5.74) is 2.79. The number of fused-ring (bicyclic) bond motifs is 1. The van der Waals surface area contributed by atoms with E-state index in [9.17, 15) is 4.57 Å². The normalized spacial score (nSPS) is 21.1. The van der Waals surface area contributed by atoms with Crippen molar-refractivity contribution in [1.82, 2.24) is 4.98 Å². The zero-order valence-corrected chi connectivity index (χ0v) is 17.4. The maximum atomic E-state index is 14.5.